The van der Waals surface area contributed by atoms with Crippen molar-refractivity contribution in [2.45, 2.75) is 19.5 Å². The zero-order valence-corrected chi connectivity index (χ0v) is 16.3. The minimum Gasteiger partial charge on any atom is -0.336 e. The lowest BCUT2D eigenvalue weighted by atomic mass is 10.1. The molecule has 0 bridgehead atoms. The fourth-order valence-corrected chi connectivity index (χ4v) is 2.90. The highest BCUT2D eigenvalue weighted by Crippen LogP contribution is 2.29. The molecule has 0 unspecified atom stereocenters. The molecule has 2 aromatic carbocycles. The van der Waals surface area contributed by atoms with Crippen LogP contribution in [0.3, 0.4) is 0 Å². The molecule has 0 aromatic heterocycles. The average molecular weight is 443 g/mol. The Morgan fingerprint density at radius 2 is 1.85 bits per heavy atom. The number of anilines is 1. The maximum Gasteiger partial charge on any atom is 0.416 e. The fourth-order valence-electron chi connectivity index (χ4n) is 2.43. The lowest BCUT2D eigenvalue weighted by Crippen LogP contribution is -2.36. The largest absolute Gasteiger partial charge is 0.416 e. The third kappa shape index (κ3) is 6.09. The van der Waals surface area contributed by atoms with Gasteiger partial charge in [0.15, 0.2) is 0 Å². The molecule has 0 aliphatic rings. The van der Waals surface area contributed by atoms with E-state index in [0.717, 1.165) is 22.2 Å². The molecule has 8 heteroatoms. The zero-order chi connectivity index (χ0) is 20.2. The second-order valence-electron chi connectivity index (χ2n) is 6.13. The molecule has 0 aliphatic heterocycles. The number of aryl methyl sites for hydroxylation is 1. The number of nitrogens with zero attached hydrogens (tertiary/aromatic N) is 1. The number of likely N-dealkylation sites (N-methyl/N-ethyl adjacent to an activating group) is 1. The van der Waals surface area contributed by atoms with E-state index in [9.17, 15) is 22.8 Å². The van der Waals surface area contributed by atoms with Crippen LogP contribution < -0.4 is 5.32 Å². The molecule has 27 heavy (non-hydrogen) atoms. The summed E-state index contributed by atoms with van der Waals surface area (Å²) in [5, 5.41) is 2.71. The molecule has 0 radical (unpaired) electrons. The summed E-state index contributed by atoms with van der Waals surface area (Å²) in [5.74, 6) is -0.836. The number of halogens is 4. The first-order valence-electron chi connectivity index (χ1n) is 8.02. The summed E-state index contributed by atoms with van der Waals surface area (Å²) in [6.07, 6.45) is -4.68. The van der Waals surface area contributed by atoms with Gasteiger partial charge in [0.05, 0.1) is 18.5 Å². The van der Waals surface area contributed by atoms with Crippen molar-refractivity contribution in [2.24, 2.45) is 0 Å². The summed E-state index contributed by atoms with van der Waals surface area (Å²) in [7, 11) is 1.43. The van der Waals surface area contributed by atoms with Crippen molar-refractivity contribution in [1.82, 2.24) is 4.90 Å². The van der Waals surface area contributed by atoms with E-state index in [1.807, 2.05) is 13.0 Å². The van der Waals surface area contributed by atoms with Crippen LogP contribution >= 0.6 is 15.9 Å². The Morgan fingerprint density at radius 3 is 2.48 bits per heavy atom. The highest BCUT2D eigenvalue weighted by molar-refractivity contribution is 9.10. The first-order valence-corrected chi connectivity index (χ1v) is 8.81. The molecule has 0 spiro atoms. The van der Waals surface area contributed by atoms with E-state index >= 15 is 0 Å². The van der Waals surface area contributed by atoms with Gasteiger partial charge >= 0.3 is 6.18 Å². The van der Waals surface area contributed by atoms with Gasteiger partial charge in [-0.05, 0) is 42.3 Å². The predicted octanol–water partition coefficient (Wildman–Crippen LogP) is 4.42. The number of amides is 2. The summed E-state index contributed by atoms with van der Waals surface area (Å²) >= 11 is 3.33. The van der Waals surface area contributed by atoms with Crippen molar-refractivity contribution < 1.29 is 22.8 Å². The van der Waals surface area contributed by atoms with Crippen LogP contribution in [0.4, 0.5) is 18.9 Å². The summed E-state index contributed by atoms with van der Waals surface area (Å²) in [6.45, 7) is 1.64. The molecule has 0 heterocycles. The van der Waals surface area contributed by atoms with E-state index in [1.54, 1.807) is 12.1 Å². The number of alkyl halides is 3. The number of benzene rings is 2. The van der Waals surface area contributed by atoms with Crippen molar-refractivity contribution >= 4 is 33.4 Å². The molecule has 2 aromatic rings. The Bertz CT molecular complexity index is 853. The Hall–Kier alpha value is -2.35. The van der Waals surface area contributed by atoms with E-state index in [4.69, 9.17) is 0 Å². The fraction of sp³-hybridized carbons (Fsp3) is 0.263. The second-order valence-corrected chi connectivity index (χ2v) is 7.05. The van der Waals surface area contributed by atoms with E-state index in [-0.39, 0.29) is 24.4 Å². The monoisotopic (exact) mass is 442 g/mol. The van der Waals surface area contributed by atoms with Gasteiger partial charge in [-0.2, -0.15) is 13.2 Å². The van der Waals surface area contributed by atoms with Crippen molar-refractivity contribution in [1.29, 1.82) is 0 Å². The smallest absolute Gasteiger partial charge is 0.336 e. The highest BCUT2D eigenvalue weighted by atomic mass is 79.9. The maximum atomic E-state index is 12.7. The molecular formula is C19H18BrF3N2O2. The maximum absolute atomic E-state index is 12.7. The first kappa shape index (κ1) is 21.0. The molecule has 2 rings (SSSR count). The number of carbonyl (C=O) groups excluding carboxylic acids is 2. The summed E-state index contributed by atoms with van der Waals surface area (Å²) in [4.78, 5) is 25.6. The summed E-state index contributed by atoms with van der Waals surface area (Å²) < 4.78 is 39.1. The van der Waals surface area contributed by atoms with Crippen molar-refractivity contribution in [2.75, 3.05) is 18.9 Å². The van der Waals surface area contributed by atoms with E-state index < -0.39 is 17.6 Å². The van der Waals surface area contributed by atoms with Crippen LogP contribution in [0.2, 0.25) is 0 Å². The van der Waals surface area contributed by atoms with Crippen molar-refractivity contribution in [3.8, 4) is 0 Å². The van der Waals surface area contributed by atoms with Crippen LogP contribution in [0.25, 0.3) is 0 Å². The molecule has 0 atom stereocenters. The molecule has 0 fully saturated rings. The molecule has 0 saturated heterocycles. The quantitative estimate of drug-likeness (QED) is 0.744. The zero-order valence-electron chi connectivity index (χ0n) is 14.7. The predicted molar refractivity (Wildman–Crippen MR) is 100 cm³/mol. The normalized spacial score (nSPS) is 11.2. The van der Waals surface area contributed by atoms with Gasteiger partial charge in [-0.15, -0.1) is 0 Å². The molecule has 0 aliphatic carbocycles. The topological polar surface area (TPSA) is 49.4 Å². The summed E-state index contributed by atoms with van der Waals surface area (Å²) in [5.41, 5.74) is 0.919. The van der Waals surface area contributed by atoms with Gasteiger partial charge < -0.3 is 10.2 Å². The highest BCUT2D eigenvalue weighted by Gasteiger charge is 2.30. The Kier molecular flexibility index (Phi) is 6.64. The van der Waals surface area contributed by atoms with Crippen LogP contribution in [-0.2, 0) is 22.2 Å². The Morgan fingerprint density at radius 1 is 1.15 bits per heavy atom. The Balaban J connectivity index is 1.96. The molecule has 1 N–H and O–H groups in total. The Labute approximate surface area is 163 Å². The first-order chi connectivity index (χ1) is 12.6. The molecule has 0 saturated carbocycles. The molecule has 144 valence electrons. The lowest BCUT2D eigenvalue weighted by molar-refractivity contribution is -0.137. The number of nitrogens with one attached hydrogen (secondary N) is 1. The SMILES string of the molecule is Cc1cc(Br)ccc1NC(=O)CN(C)C(=O)Cc1cccc(C(F)(F)F)c1. The van der Waals surface area contributed by atoms with Gasteiger partial charge in [-0.25, -0.2) is 0 Å². The number of hydrogen-bond donors (Lipinski definition) is 1. The van der Waals surface area contributed by atoms with E-state index in [0.29, 0.717) is 5.69 Å². The van der Waals surface area contributed by atoms with Crippen LogP contribution in [0, 0.1) is 6.92 Å². The molecular weight excluding hydrogens is 425 g/mol. The van der Waals surface area contributed by atoms with E-state index in [1.165, 1.54) is 24.1 Å². The van der Waals surface area contributed by atoms with Gasteiger partial charge in [0.2, 0.25) is 11.8 Å². The van der Waals surface area contributed by atoms with Gasteiger partial charge in [0, 0.05) is 17.2 Å². The van der Waals surface area contributed by atoms with Crippen LogP contribution in [-0.4, -0.2) is 30.3 Å². The standard InChI is InChI=1S/C19H18BrF3N2O2/c1-12-8-15(20)6-7-16(12)24-17(26)11-25(2)18(27)10-13-4-3-5-14(9-13)19(21,22)23/h3-9H,10-11H2,1-2H3,(H,24,26). The van der Waals surface area contributed by atoms with Crippen molar-refractivity contribution in [3.05, 3.63) is 63.6 Å². The number of carbonyl (C=O) groups is 2. The van der Waals surface area contributed by atoms with Crippen molar-refractivity contribution in [3.63, 3.8) is 0 Å². The van der Waals surface area contributed by atoms with Crippen LogP contribution in [0.5, 0.6) is 0 Å². The number of rotatable bonds is 5. The van der Waals surface area contributed by atoms with Gasteiger partial charge in [-0.3, -0.25) is 9.59 Å². The van der Waals surface area contributed by atoms with E-state index in [2.05, 4.69) is 21.2 Å². The van der Waals surface area contributed by atoms with Gasteiger partial charge in [-0.1, -0.05) is 34.1 Å². The lowest BCUT2D eigenvalue weighted by Gasteiger charge is -2.18. The van der Waals surface area contributed by atoms with Crippen LogP contribution in [0.15, 0.2) is 46.9 Å². The van der Waals surface area contributed by atoms with Crippen LogP contribution in [0.1, 0.15) is 16.7 Å². The minimum absolute atomic E-state index is 0.201. The third-order valence-corrected chi connectivity index (χ3v) is 4.37. The average Bonchev–Trinajstić information content (AvgIpc) is 2.57. The van der Waals surface area contributed by atoms with Gasteiger partial charge in [0.25, 0.3) is 0 Å². The summed E-state index contributed by atoms with van der Waals surface area (Å²) in [6, 6.07) is 9.97. The van der Waals surface area contributed by atoms with Gasteiger partial charge in [0.1, 0.15) is 0 Å². The second kappa shape index (κ2) is 8.56. The molecule has 2 amide bonds. The molecule has 4 nitrogen and oxygen atoms in total. The third-order valence-electron chi connectivity index (χ3n) is 3.88. The minimum atomic E-state index is -4.46. The number of hydrogen-bond acceptors (Lipinski definition) is 2.